The predicted molar refractivity (Wildman–Crippen MR) is 99.3 cm³/mol. The molecule has 0 radical (unpaired) electrons. The normalized spacial score (nSPS) is 14.1. The molecule has 1 aromatic carbocycles. The van der Waals surface area contributed by atoms with Crippen molar-refractivity contribution in [2.75, 3.05) is 11.5 Å². The molecule has 0 fully saturated rings. The standard InChI is InChI=1S/C17H25NO3S2/c1-17(2,3)23-11-14(16(20)21)18-15(19)13(10-22)9-12-7-5-4-6-8-12/h4-8,13-14,22H,9-11H2,1-3H3,(H,18,19)(H,20,21)/t13-,14+/m0/s1. The van der Waals surface area contributed by atoms with E-state index in [1.807, 2.05) is 51.1 Å². The van der Waals surface area contributed by atoms with Crippen LogP contribution in [0.5, 0.6) is 0 Å². The lowest BCUT2D eigenvalue weighted by Crippen LogP contribution is -2.46. The summed E-state index contributed by atoms with van der Waals surface area (Å²) >= 11 is 5.76. The van der Waals surface area contributed by atoms with E-state index in [9.17, 15) is 14.7 Å². The molecule has 6 heteroatoms. The van der Waals surface area contributed by atoms with E-state index >= 15 is 0 Å². The van der Waals surface area contributed by atoms with E-state index in [1.165, 1.54) is 11.8 Å². The average Bonchev–Trinajstić information content (AvgIpc) is 2.48. The Balaban J connectivity index is 2.66. The Morgan fingerprint density at radius 1 is 1.26 bits per heavy atom. The van der Waals surface area contributed by atoms with Crippen molar-refractivity contribution in [3.63, 3.8) is 0 Å². The second-order valence-electron chi connectivity index (χ2n) is 6.39. The lowest BCUT2D eigenvalue weighted by atomic mass is 10.00. The number of carboxylic acids is 1. The largest absolute Gasteiger partial charge is 0.480 e. The second kappa shape index (κ2) is 9.23. The van der Waals surface area contributed by atoms with Crippen LogP contribution in [0.1, 0.15) is 26.3 Å². The molecule has 0 aliphatic rings. The van der Waals surface area contributed by atoms with Crippen molar-refractivity contribution in [3.05, 3.63) is 35.9 Å². The van der Waals surface area contributed by atoms with Gasteiger partial charge in [0.1, 0.15) is 6.04 Å². The van der Waals surface area contributed by atoms with Gasteiger partial charge < -0.3 is 10.4 Å². The lowest BCUT2D eigenvalue weighted by Gasteiger charge is -2.23. The van der Waals surface area contributed by atoms with Crippen LogP contribution >= 0.6 is 24.4 Å². The van der Waals surface area contributed by atoms with Gasteiger partial charge in [0.05, 0.1) is 5.92 Å². The maximum atomic E-state index is 12.4. The molecule has 1 rings (SSSR count). The number of carbonyl (C=O) groups is 2. The van der Waals surface area contributed by atoms with Crippen molar-refractivity contribution < 1.29 is 14.7 Å². The number of amides is 1. The number of benzene rings is 1. The van der Waals surface area contributed by atoms with Crippen LogP contribution in [0.4, 0.5) is 0 Å². The summed E-state index contributed by atoms with van der Waals surface area (Å²) in [6.45, 7) is 6.05. The Morgan fingerprint density at radius 2 is 1.87 bits per heavy atom. The van der Waals surface area contributed by atoms with Gasteiger partial charge in [-0.1, -0.05) is 51.1 Å². The number of carbonyl (C=O) groups excluding carboxylic acids is 1. The topological polar surface area (TPSA) is 66.4 Å². The van der Waals surface area contributed by atoms with Crippen molar-refractivity contribution >= 4 is 36.3 Å². The van der Waals surface area contributed by atoms with E-state index in [0.29, 0.717) is 17.9 Å². The van der Waals surface area contributed by atoms with Gasteiger partial charge in [-0.2, -0.15) is 24.4 Å². The molecule has 0 unspecified atom stereocenters. The highest BCUT2D eigenvalue weighted by molar-refractivity contribution is 8.00. The molecule has 23 heavy (non-hydrogen) atoms. The molecular formula is C17H25NO3S2. The minimum atomic E-state index is -1.01. The fraction of sp³-hybridized carbons (Fsp3) is 0.529. The van der Waals surface area contributed by atoms with Gasteiger partial charge in [0.25, 0.3) is 0 Å². The van der Waals surface area contributed by atoms with E-state index in [-0.39, 0.29) is 16.6 Å². The Labute approximate surface area is 147 Å². The monoisotopic (exact) mass is 355 g/mol. The van der Waals surface area contributed by atoms with Gasteiger partial charge in [-0.3, -0.25) is 4.79 Å². The molecule has 2 atom stereocenters. The Bertz CT molecular complexity index is 514. The molecule has 0 bridgehead atoms. The van der Waals surface area contributed by atoms with E-state index < -0.39 is 12.0 Å². The zero-order valence-corrected chi connectivity index (χ0v) is 15.5. The van der Waals surface area contributed by atoms with Gasteiger partial charge >= 0.3 is 5.97 Å². The van der Waals surface area contributed by atoms with Gasteiger partial charge in [-0.05, 0) is 12.0 Å². The highest BCUT2D eigenvalue weighted by Crippen LogP contribution is 2.24. The van der Waals surface area contributed by atoms with Crippen LogP contribution in [0.15, 0.2) is 30.3 Å². The van der Waals surface area contributed by atoms with Crippen LogP contribution in [-0.2, 0) is 16.0 Å². The zero-order valence-electron chi connectivity index (χ0n) is 13.8. The third-order valence-electron chi connectivity index (χ3n) is 3.21. The number of thiol groups is 1. The first kappa shape index (κ1) is 19.9. The molecule has 0 saturated heterocycles. The van der Waals surface area contributed by atoms with Crippen LogP contribution < -0.4 is 5.32 Å². The lowest BCUT2D eigenvalue weighted by molar-refractivity contribution is -0.141. The third kappa shape index (κ3) is 7.79. The first-order valence-corrected chi connectivity index (χ1v) is 9.16. The summed E-state index contributed by atoms with van der Waals surface area (Å²) in [4.78, 5) is 23.8. The molecule has 0 aliphatic heterocycles. The van der Waals surface area contributed by atoms with Crippen molar-refractivity contribution in [2.45, 2.75) is 38.0 Å². The zero-order chi connectivity index (χ0) is 17.5. The van der Waals surface area contributed by atoms with Crippen LogP contribution in [-0.4, -0.2) is 39.3 Å². The van der Waals surface area contributed by atoms with Crippen LogP contribution in [0, 0.1) is 5.92 Å². The molecule has 1 amide bonds. The van der Waals surface area contributed by atoms with E-state index in [4.69, 9.17) is 0 Å². The molecule has 1 aromatic rings. The summed E-state index contributed by atoms with van der Waals surface area (Å²) in [7, 11) is 0. The molecule has 4 nitrogen and oxygen atoms in total. The number of aliphatic carboxylic acids is 1. The number of carboxylic acid groups (broad SMARTS) is 1. The molecule has 0 saturated carbocycles. The number of rotatable bonds is 8. The minimum absolute atomic E-state index is 0.0502. The van der Waals surface area contributed by atoms with Crippen molar-refractivity contribution in [1.29, 1.82) is 0 Å². The Kier molecular flexibility index (Phi) is 7.99. The first-order valence-electron chi connectivity index (χ1n) is 7.55. The number of hydrogen-bond donors (Lipinski definition) is 3. The quantitative estimate of drug-likeness (QED) is 0.627. The van der Waals surface area contributed by atoms with Crippen LogP contribution in [0.25, 0.3) is 0 Å². The van der Waals surface area contributed by atoms with E-state index in [1.54, 1.807) is 0 Å². The maximum absolute atomic E-state index is 12.4. The van der Waals surface area contributed by atoms with Gasteiger partial charge in [0, 0.05) is 16.3 Å². The predicted octanol–water partition coefficient (Wildman–Crippen LogP) is 2.88. The van der Waals surface area contributed by atoms with Gasteiger partial charge in [-0.15, -0.1) is 0 Å². The molecule has 0 aromatic heterocycles. The average molecular weight is 356 g/mol. The molecular weight excluding hydrogens is 330 g/mol. The van der Waals surface area contributed by atoms with Gasteiger partial charge in [0.2, 0.25) is 5.91 Å². The molecule has 0 spiro atoms. The second-order valence-corrected chi connectivity index (χ2v) is 8.60. The molecule has 128 valence electrons. The maximum Gasteiger partial charge on any atom is 0.327 e. The number of thioether (sulfide) groups is 1. The first-order chi connectivity index (χ1) is 10.7. The van der Waals surface area contributed by atoms with Crippen LogP contribution in [0.3, 0.4) is 0 Å². The van der Waals surface area contributed by atoms with E-state index in [0.717, 1.165) is 5.56 Å². The summed E-state index contributed by atoms with van der Waals surface area (Å²) in [5.41, 5.74) is 1.04. The van der Waals surface area contributed by atoms with E-state index in [2.05, 4.69) is 17.9 Å². The van der Waals surface area contributed by atoms with Gasteiger partial charge in [0.15, 0.2) is 0 Å². The fourth-order valence-electron chi connectivity index (χ4n) is 1.94. The number of hydrogen-bond acceptors (Lipinski definition) is 4. The van der Waals surface area contributed by atoms with Crippen molar-refractivity contribution in [3.8, 4) is 0 Å². The fourth-order valence-corrected chi connectivity index (χ4v) is 3.12. The molecule has 2 N–H and O–H groups in total. The summed E-state index contributed by atoms with van der Waals surface area (Å²) in [6, 6.07) is 8.78. The van der Waals surface area contributed by atoms with Gasteiger partial charge in [-0.25, -0.2) is 4.79 Å². The van der Waals surface area contributed by atoms with Crippen molar-refractivity contribution in [2.24, 2.45) is 5.92 Å². The Morgan fingerprint density at radius 3 is 2.35 bits per heavy atom. The summed E-state index contributed by atoms with van der Waals surface area (Å²) in [6.07, 6.45) is 0.551. The van der Waals surface area contributed by atoms with Crippen LogP contribution in [0.2, 0.25) is 0 Å². The molecule has 0 heterocycles. The summed E-state index contributed by atoms with van der Waals surface area (Å²) in [5.74, 6) is -0.894. The highest BCUT2D eigenvalue weighted by Gasteiger charge is 2.26. The smallest absolute Gasteiger partial charge is 0.327 e. The minimum Gasteiger partial charge on any atom is -0.480 e. The Hall–Kier alpha value is -1.14. The third-order valence-corrected chi connectivity index (χ3v) is 5.02. The van der Waals surface area contributed by atoms with Crippen molar-refractivity contribution in [1.82, 2.24) is 5.32 Å². The summed E-state index contributed by atoms with van der Waals surface area (Å²) in [5, 5.41) is 12.0. The highest BCUT2D eigenvalue weighted by atomic mass is 32.2. The number of nitrogens with one attached hydrogen (secondary N) is 1. The molecule has 0 aliphatic carbocycles. The summed E-state index contributed by atoms with van der Waals surface area (Å²) < 4.78 is -0.0502. The SMILES string of the molecule is CC(C)(C)SC[C@@H](NC(=O)[C@H](CS)Cc1ccccc1)C(=O)O.